The number of aromatic nitrogens is 2. The van der Waals surface area contributed by atoms with Gasteiger partial charge in [-0.2, -0.15) is 0 Å². The molecule has 1 aromatic rings. The number of hydrogen-bond acceptors (Lipinski definition) is 5. The van der Waals surface area contributed by atoms with Gasteiger partial charge in [0.1, 0.15) is 0 Å². The summed E-state index contributed by atoms with van der Waals surface area (Å²) < 4.78 is 4.36. The van der Waals surface area contributed by atoms with E-state index in [4.69, 9.17) is 5.73 Å². The fourth-order valence-electron chi connectivity index (χ4n) is 5.02. The molecular formula is C13H18N4O3. The third-order valence-electron chi connectivity index (χ3n) is 5.27. The van der Waals surface area contributed by atoms with E-state index < -0.39 is 5.91 Å². The zero-order valence-corrected chi connectivity index (χ0v) is 11.2. The molecule has 1 heterocycles. The minimum atomic E-state index is -0.458. The van der Waals surface area contributed by atoms with Crippen molar-refractivity contribution in [3.05, 3.63) is 10.9 Å². The molecule has 4 fully saturated rings. The van der Waals surface area contributed by atoms with Gasteiger partial charge in [0.2, 0.25) is 0 Å². The van der Waals surface area contributed by atoms with Crippen LogP contribution in [-0.2, 0) is 0 Å². The Morgan fingerprint density at radius 2 is 1.85 bits per heavy atom. The molecule has 20 heavy (non-hydrogen) atoms. The molecule has 7 heteroatoms. The third-order valence-corrected chi connectivity index (χ3v) is 5.27. The normalized spacial score (nSPS) is 38.1. The Labute approximate surface area is 116 Å². The lowest BCUT2D eigenvalue weighted by atomic mass is 9.53. The maximum Gasteiger partial charge on any atom is 0.318 e. The molecule has 5 rings (SSSR count). The van der Waals surface area contributed by atoms with Gasteiger partial charge in [-0.1, -0.05) is 0 Å². The van der Waals surface area contributed by atoms with Crippen LogP contribution in [0.3, 0.4) is 0 Å². The number of carbonyl (C=O) groups excluding carboxylic acids is 1. The molecule has 0 aliphatic heterocycles. The number of rotatable bonds is 2. The van der Waals surface area contributed by atoms with Gasteiger partial charge in [0.05, 0.1) is 5.16 Å². The van der Waals surface area contributed by atoms with Gasteiger partial charge >= 0.3 is 17.4 Å². The van der Waals surface area contributed by atoms with Gasteiger partial charge in [0.25, 0.3) is 0 Å². The molecule has 4 bridgehead atoms. The lowest BCUT2D eigenvalue weighted by Gasteiger charge is -2.56. The highest BCUT2D eigenvalue weighted by molar-refractivity contribution is 5.95. The van der Waals surface area contributed by atoms with E-state index >= 15 is 0 Å². The summed E-state index contributed by atoms with van der Waals surface area (Å²) >= 11 is 0. The van der Waals surface area contributed by atoms with Crippen LogP contribution < -0.4 is 16.0 Å². The molecule has 108 valence electrons. The zero-order valence-electron chi connectivity index (χ0n) is 11.2. The number of hydrogen-bond donors (Lipinski definition) is 2. The van der Waals surface area contributed by atoms with Crippen LogP contribution in [0.2, 0.25) is 0 Å². The summed E-state index contributed by atoms with van der Waals surface area (Å²) in [6, 6.07) is 0. The number of amides is 1. The van der Waals surface area contributed by atoms with E-state index in [9.17, 15) is 10.0 Å². The number of anilines is 1. The second-order valence-electron chi connectivity index (χ2n) is 6.82. The zero-order chi connectivity index (χ0) is 13.9. The van der Waals surface area contributed by atoms with E-state index in [0.717, 1.165) is 37.0 Å². The van der Waals surface area contributed by atoms with Crippen molar-refractivity contribution in [1.29, 1.82) is 0 Å². The van der Waals surface area contributed by atoms with Crippen LogP contribution in [0.15, 0.2) is 4.63 Å². The van der Waals surface area contributed by atoms with E-state index in [1.165, 1.54) is 19.3 Å². The van der Waals surface area contributed by atoms with E-state index in [0.29, 0.717) is 0 Å². The van der Waals surface area contributed by atoms with Crippen molar-refractivity contribution >= 4 is 11.7 Å². The van der Waals surface area contributed by atoms with Gasteiger partial charge in [-0.25, -0.2) is 0 Å². The number of nitrogen functional groups attached to an aromatic ring is 1. The van der Waals surface area contributed by atoms with Crippen LogP contribution in [-0.4, -0.2) is 16.6 Å². The van der Waals surface area contributed by atoms with Crippen molar-refractivity contribution in [3.8, 4) is 0 Å². The molecule has 3 N–H and O–H groups in total. The monoisotopic (exact) mass is 278 g/mol. The molecule has 1 aromatic heterocycles. The SMILES string of the molecule is Nc1no[n+]([O-])c1C(=O)NC12CC3CC(CC(C3)C1)C2. The molecule has 0 atom stereocenters. The fraction of sp³-hybridized carbons (Fsp3) is 0.769. The van der Waals surface area contributed by atoms with Gasteiger partial charge in [-0.3, -0.25) is 9.42 Å². The molecule has 7 nitrogen and oxygen atoms in total. The average Bonchev–Trinajstić information content (AvgIpc) is 2.66. The smallest absolute Gasteiger partial charge is 0.318 e. The molecule has 0 radical (unpaired) electrons. The lowest BCUT2D eigenvalue weighted by molar-refractivity contribution is -0.803. The summed E-state index contributed by atoms with van der Waals surface area (Å²) in [7, 11) is 0. The van der Waals surface area contributed by atoms with Gasteiger partial charge in [-0.05, 0) is 61.2 Å². The van der Waals surface area contributed by atoms with E-state index in [1.54, 1.807) is 0 Å². The topological polar surface area (TPSA) is 108 Å². The van der Waals surface area contributed by atoms with E-state index in [-0.39, 0.29) is 22.0 Å². The van der Waals surface area contributed by atoms with Crippen molar-refractivity contribution in [2.24, 2.45) is 17.8 Å². The van der Waals surface area contributed by atoms with Gasteiger partial charge < -0.3 is 16.3 Å². The minimum absolute atomic E-state index is 0.0885. The van der Waals surface area contributed by atoms with Gasteiger partial charge in [0.15, 0.2) is 0 Å². The molecule has 0 aromatic carbocycles. The molecule has 4 aliphatic rings. The molecule has 0 saturated heterocycles. The summed E-state index contributed by atoms with van der Waals surface area (Å²) in [5, 5.41) is 17.8. The Hall–Kier alpha value is -1.79. The molecule has 0 spiro atoms. The van der Waals surface area contributed by atoms with Crippen LogP contribution in [0.4, 0.5) is 5.82 Å². The van der Waals surface area contributed by atoms with Crippen molar-refractivity contribution in [2.45, 2.75) is 44.1 Å². The van der Waals surface area contributed by atoms with Gasteiger partial charge in [-0.15, -0.1) is 0 Å². The lowest BCUT2D eigenvalue weighted by Crippen LogP contribution is -2.60. The van der Waals surface area contributed by atoms with E-state index in [2.05, 4.69) is 15.1 Å². The van der Waals surface area contributed by atoms with E-state index in [1.807, 2.05) is 0 Å². The first-order chi connectivity index (χ1) is 9.55. The second kappa shape index (κ2) is 3.86. The standard InChI is InChI=1S/C13H18N4O3/c14-11-10(17(19)20-16-11)12(18)15-13-4-7-1-8(5-13)3-9(2-7)6-13/h7-9H,1-6H2,(H2,14,16)(H,15,18). The molecular weight excluding hydrogens is 260 g/mol. The van der Waals surface area contributed by atoms with Crippen LogP contribution in [0.1, 0.15) is 49.0 Å². The third kappa shape index (κ3) is 1.68. The Morgan fingerprint density at radius 1 is 1.30 bits per heavy atom. The Kier molecular flexibility index (Phi) is 2.32. The first kappa shape index (κ1) is 12.0. The molecule has 1 amide bonds. The number of nitrogens with one attached hydrogen (secondary N) is 1. The minimum Gasteiger partial charge on any atom is -0.359 e. The van der Waals surface area contributed by atoms with Crippen molar-refractivity contribution in [2.75, 3.05) is 5.73 Å². The largest absolute Gasteiger partial charge is 0.359 e. The summed E-state index contributed by atoms with van der Waals surface area (Å²) in [6.45, 7) is 0. The maximum atomic E-state index is 12.3. The number of carbonyl (C=O) groups is 1. The quantitative estimate of drug-likeness (QED) is 0.770. The summed E-state index contributed by atoms with van der Waals surface area (Å²) in [5.41, 5.74) is 5.15. The maximum absolute atomic E-state index is 12.3. The predicted octanol–water partition coefficient (Wildman–Crippen LogP) is 0.589. The molecule has 4 saturated carbocycles. The first-order valence-electron chi connectivity index (χ1n) is 7.22. The number of nitrogens with two attached hydrogens (primary N) is 1. The van der Waals surface area contributed by atoms with Gasteiger partial charge in [0, 0.05) is 5.54 Å². The van der Waals surface area contributed by atoms with Crippen molar-refractivity contribution in [3.63, 3.8) is 0 Å². The molecule has 0 unspecified atom stereocenters. The highest BCUT2D eigenvalue weighted by Gasteiger charge is 2.52. The highest BCUT2D eigenvalue weighted by atomic mass is 16.8. The number of nitrogens with zero attached hydrogens (tertiary/aromatic N) is 2. The van der Waals surface area contributed by atoms with Crippen LogP contribution in [0, 0.1) is 23.0 Å². The Balaban J connectivity index is 1.58. The Bertz CT molecular complexity index is 513. The molecule has 4 aliphatic carbocycles. The van der Waals surface area contributed by atoms with Crippen LogP contribution in [0.25, 0.3) is 0 Å². The average molecular weight is 278 g/mol. The first-order valence-corrected chi connectivity index (χ1v) is 7.22. The van der Waals surface area contributed by atoms with Crippen molar-refractivity contribution in [1.82, 2.24) is 10.5 Å². The fourth-order valence-corrected chi connectivity index (χ4v) is 5.02. The summed E-state index contributed by atoms with van der Waals surface area (Å²) in [6.07, 6.45) is 6.96. The highest BCUT2D eigenvalue weighted by Crippen LogP contribution is 2.55. The van der Waals surface area contributed by atoms with Crippen molar-refractivity contribution < 1.29 is 14.3 Å². The summed E-state index contributed by atoms with van der Waals surface area (Å²) in [5.74, 6) is 1.56. The van der Waals surface area contributed by atoms with Crippen LogP contribution in [0.5, 0.6) is 0 Å². The van der Waals surface area contributed by atoms with Crippen LogP contribution >= 0.6 is 0 Å². The second-order valence-corrected chi connectivity index (χ2v) is 6.82. The predicted molar refractivity (Wildman–Crippen MR) is 68.2 cm³/mol. The summed E-state index contributed by atoms with van der Waals surface area (Å²) in [4.78, 5) is 12.4. The Morgan fingerprint density at radius 3 is 2.30 bits per heavy atom.